The van der Waals surface area contributed by atoms with Crippen LogP contribution in [0.25, 0.3) is 5.69 Å². The molecule has 2 N–H and O–H groups in total. The fourth-order valence-electron chi connectivity index (χ4n) is 4.77. The largest absolute Gasteiger partial charge is 0.350 e. The normalized spacial score (nSPS) is 24.2. The van der Waals surface area contributed by atoms with E-state index in [1.165, 1.54) is 15.8 Å². The zero-order chi connectivity index (χ0) is 23.9. The van der Waals surface area contributed by atoms with Crippen molar-refractivity contribution in [2.24, 2.45) is 5.41 Å². The molecule has 3 heterocycles. The van der Waals surface area contributed by atoms with Gasteiger partial charge in [-0.15, -0.1) is 5.10 Å². The molecular weight excluding hydrogens is 436 g/mol. The van der Waals surface area contributed by atoms with E-state index in [0.717, 1.165) is 24.8 Å². The maximum atomic E-state index is 13.0. The molecular formula is C24H26N6O4. The Morgan fingerprint density at radius 2 is 2.15 bits per heavy atom. The summed E-state index contributed by atoms with van der Waals surface area (Å²) in [5.74, 6) is -1.32. The molecule has 2 unspecified atom stereocenters. The van der Waals surface area contributed by atoms with E-state index in [1.54, 1.807) is 12.1 Å². The van der Waals surface area contributed by atoms with Gasteiger partial charge in [-0.2, -0.15) is 0 Å². The molecule has 3 aliphatic rings. The number of aromatic nitrogens is 3. The molecule has 1 saturated heterocycles. The predicted molar refractivity (Wildman–Crippen MR) is 121 cm³/mol. The minimum Gasteiger partial charge on any atom is -0.350 e. The highest BCUT2D eigenvalue weighted by Crippen LogP contribution is 2.30. The summed E-state index contributed by atoms with van der Waals surface area (Å²) in [6.07, 6.45) is 9.58. The first-order valence-corrected chi connectivity index (χ1v) is 11.5. The minimum absolute atomic E-state index is 0.0569. The standard InChI is InChI=1S/C24H26N6O4/c1-24(9-3-2-4-10-24)14-25-21(32)18-13-30(28-27-18)16-6-5-15-12-29(23(34)17(15)11-16)19-7-8-20(31)26-22(19)33/h3,5-6,9,11,13,19H,2,4,7-8,10,12,14H2,1H3,(H,25,32)(H,26,31,33). The smallest absolute Gasteiger partial charge is 0.273 e. The Bertz CT molecular complexity index is 1220. The highest BCUT2D eigenvalue weighted by Gasteiger charge is 2.39. The van der Waals surface area contributed by atoms with Crippen LogP contribution in [-0.4, -0.2) is 56.1 Å². The average Bonchev–Trinajstić information content (AvgIpc) is 3.43. The first-order chi connectivity index (χ1) is 16.3. The summed E-state index contributed by atoms with van der Waals surface area (Å²) in [5, 5.41) is 13.3. The number of carbonyl (C=O) groups excluding carboxylic acids is 4. The van der Waals surface area contributed by atoms with Crippen LogP contribution >= 0.6 is 0 Å². The number of hydrogen-bond acceptors (Lipinski definition) is 6. The van der Waals surface area contributed by atoms with E-state index in [1.807, 2.05) is 6.07 Å². The van der Waals surface area contributed by atoms with Gasteiger partial charge in [-0.25, -0.2) is 4.68 Å². The Morgan fingerprint density at radius 3 is 2.91 bits per heavy atom. The van der Waals surface area contributed by atoms with Crippen molar-refractivity contribution >= 4 is 23.6 Å². The first-order valence-electron chi connectivity index (χ1n) is 11.5. The van der Waals surface area contributed by atoms with Crippen LogP contribution in [0.5, 0.6) is 0 Å². The van der Waals surface area contributed by atoms with Gasteiger partial charge in [0.05, 0.1) is 11.9 Å². The highest BCUT2D eigenvalue weighted by atomic mass is 16.2. The van der Waals surface area contributed by atoms with Crippen LogP contribution in [0.2, 0.25) is 0 Å². The second-order valence-electron chi connectivity index (χ2n) is 9.42. The number of fused-ring (bicyclic) bond motifs is 1. The number of hydrogen-bond donors (Lipinski definition) is 2. The Balaban J connectivity index is 1.28. The predicted octanol–water partition coefficient (Wildman–Crippen LogP) is 1.50. The summed E-state index contributed by atoms with van der Waals surface area (Å²) in [7, 11) is 0. The number of nitrogens with one attached hydrogen (secondary N) is 2. The Morgan fingerprint density at radius 1 is 1.29 bits per heavy atom. The third-order valence-electron chi connectivity index (χ3n) is 6.79. The summed E-state index contributed by atoms with van der Waals surface area (Å²) in [4.78, 5) is 50.8. The van der Waals surface area contributed by atoms with Crippen molar-refractivity contribution in [3.8, 4) is 5.69 Å². The molecule has 0 saturated carbocycles. The molecule has 0 radical (unpaired) electrons. The van der Waals surface area contributed by atoms with Crippen molar-refractivity contribution < 1.29 is 19.2 Å². The monoisotopic (exact) mass is 462 g/mol. The van der Waals surface area contributed by atoms with Gasteiger partial charge in [0.15, 0.2) is 5.69 Å². The molecule has 2 aliphatic heterocycles. The number of rotatable bonds is 5. The molecule has 0 spiro atoms. The van der Waals surface area contributed by atoms with E-state index in [-0.39, 0.29) is 35.3 Å². The van der Waals surface area contributed by atoms with Gasteiger partial charge in [0.25, 0.3) is 11.8 Å². The van der Waals surface area contributed by atoms with Crippen molar-refractivity contribution in [3.05, 3.63) is 53.4 Å². The van der Waals surface area contributed by atoms with Crippen LogP contribution in [-0.2, 0) is 16.1 Å². The lowest BCUT2D eigenvalue weighted by molar-refractivity contribution is -0.136. The lowest BCUT2D eigenvalue weighted by Gasteiger charge is -2.29. The number of nitrogens with zero attached hydrogens (tertiary/aromatic N) is 4. The lowest BCUT2D eigenvalue weighted by atomic mass is 9.81. The van der Waals surface area contributed by atoms with Gasteiger partial charge >= 0.3 is 0 Å². The molecule has 2 aromatic rings. The van der Waals surface area contributed by atoms with Crippen molar-refractivity contribution in [3.63, 3.8) is 0 Å². The number of benzene rings is 1. The lowest BCUT2D eigenvalue weighted by Crippen LogP contribution is -2.52. The van der Waals surface area contributed by atoms with Gasteiger partial charge in [-0.05, 0) is 43.4 Å². The van der Waals surface area contributed by atoms with Gasteiger partial charge in [0.1, 0.15) is 6.04 Å². The first kappa shape index (κ1) is 22.0. The van der Waals surface area contributed by atoms with Crippen LogP contribution < -0.4 is 10.6 Å². The van der Waals surface area contributed by atoms with E-state index >= 15 is 0 Å². The molecule has 10 heteroatoms. The molecule has 10 nitrogen and oxygen atoms in total. The van der Waals surface area contributed by atoms with Gasteiger partial charge in [-0.1, -0.05) is 30.4 Å². The van der Waals surface area contributed by atoms with E-state index in [4.69, 9.17) is 0 Å². The zero-order valence-electron chi connectivity index (χ0n) is 18.9. The van der Waals surface area contributed by atoms with Gasteiger partial charge in [0.2, 0.25) is 11.8 Å². The maximum Gasteiger partial charge on any atom is 0.273 e. The molecule has 1 aliphatic carbocycles. The molecule has 176 valence electrons. The van der Waals surface area contributed by atoms with Crippen LogP contribution in [0.1, 0.15) is 65.4 Å². The second kappa shape index (κ2) is 8.51. The third-order valence-corrected chi connectivity index (χ3v) is 6.79. The Labute approximate surface area is 196 Å². The molecule has 4 amide bonds. The molecule has 2 atom stereocenters. The number of imide groups is 1. The van der Waals surface area contributed by atoms with Gasteiger partial charge < -0.3 is 10.2 Å². The summed E-state index contributed by atoms with van der Waals surface area (Å²) >= 11 is 0. The van der Waals surface area contributed by atoms with E-state index < -0.39 is 11.9 Å². The average molecular weight is 463 g/mol. The van der Waals surface area contributed by atoms with Crippen molar-refractivity contribution in [2.45, 2.75) is 51.6 Å². The fraction of sp³-hybridized carbons (Fsp3) is 0.417. The molecule has 34 heavy (non-hydrogen) atoms. The van der Waals surface area contributed by atoms with E-state index in [9.17, 15) is 19.2 Å². The van der Waals surface area contributed by atoms with Crippen molar-refractivity contribution in [2.75, 3.05) is 6.54 Å². The third kappa shape index (κ3) is 4.11. The topological polar surface area (TPSA) is 126 Å². The fourth-order valence-corrected chi connectivity index (χ4v) is 4.77. The highest BCUT2D eigenvalue weighted by molar-refractivity contribution is 6.05. The number of carbonyl (C=O) groups is 4. The number of piperidine rings is 1. The quantitative estimate of drug-likeness (QED) is 0.512. The van der Waals surface area contributed by atoms with Crippen LogP contribution in [0.15, 0.2) is 36.5 Å². The molecule has 0 bridgehead atoms. The second-order valence-corrected chi connectivity index (χ2v) is 9.42. The Hall–Kier alpha value is -3.82. The summed E-state index contributed by atoms with van der Waals surface area (Å²) < 4.78 is 1.46. The van der Waals surface area contributed by atoms with E-state index in [2.05, 4.69) is 40.0 Å². The number of allylic oxidation sites excluding steroid dienone is 1. The zero-order valence-corrected chi connectivity index (χ0v) is 18.9. The summed E-state index contributed by atoms with van der Waals surface area (Å²) in [5.41, 5.74) is 2.00. The minimum atomic E-state index is -0.663. The van der Waals surface area contributed by atoms with Crippen LogP contribution in [0.4, 0.5) is 0 Å². The summed E-state index contributed by atoms with van der Waals surface area (Å²) in [6.45, 7) is 2.96. The van der Waals surface area contributed by atoms with Crippen molar-refractivity contribution in [1.29, 1.82) is 0 Å². The molecule has 1 fully saturated rings. The maximum absolute atomic E-state index is 13.0. The summed E-state index contributed by atoms with van der Waals surface area (Å²) in [6, 6.07) is 4.63. The molecule has 1 aromatic heterocycles. The Kier molecular flexibility index (Phi) is 5.51. The van der Waals surface area contributed by atoms with Gasteiger partial charge in [0, 0.05) is 30.5 Å². The SMILES string of the molecule is CC1(CNC(=O)c2cn(-c3ccc4c(c3)C(=O)N(C3CCC(=O)NC3=O)C4)nn2)C=CCCC1. The van der Waals surface area contributed by atoms with E-state index in [0.29, 0.717) is 30.8 Å². The van der Waals surface area contributed by atoms with Crippen LogP contribution in [0, 0.1) is 5.41 Å². The van der Waals surface area contributed by atoms with Crippen molar-refractivity contribution in [1.82, 2.24) is 30.5 Å². The number of amides is 4. The van der Waals surface area contributed by atoms with Gasteiger partial charge in [-0.3, -0.25) is 24.5 Å². The molecule has 1 aromatic carbocycles. The molecule has 5 rings (SSSR count). The van der Waals surface area contributed by atoms with Crippen LogP contribution in [0.3, 0.4) is 0 Å².